The quantitative estimate of drug-likeness (QED) is 0.649. The summed E-state index contributed by atoms with van der Waals surface area (Å²) in [6, 6.07) is 0. The largest absolute Gasteiger partial charge is 0.296 e. The van der Waals surface area contributed by atoms with Gasteiger partial charge in [0.25, 0.3) is 5.56 Å². The predicted octanol–water partition coefficient (Wildman–Crippen LogP) is 1.83. The first kappa shape index (κ1) is 10.4. The van der Waals surface area contributed by atoms with Gasteiger partial charge >= 0.3 is 0 Å². The van der Waals surface area contributed by atoms with Gasteiger partial charge in [-0.15, -0.1) is 0 Å². The third-order valence-electron chi connectivity index (χ3n) is 3.33. The lowest BCUT2D eigenvalue weighted by molar-refractivity contribution is 0.238. The molecule has 0 unspecified atom stereocenters. The number of fused-ring (bicyclic) bond motifs is 1. The van der Waals surface area contributed by atoms with E-state index in [0.29, 0.717) is 0 Å². The maximum absolute atomic E-state index is 12.0. The van der Waals surface area contributed by atoms with Crippen LogP contribution >= 0.6 is 0 Å². The molecule has 3 nitrogen and oxygen atoms in total. The Balaban J connectivity index is 2.60. The zero-order valence-corrected chi connectivity index (χ0v) is 9.92. The molecule has 0 saturated heterocycles. The predicted molar refractivity (Wildman–Crippen MR) is 60.1 cm³/mol. The monoisotopic (exact) mass is 206 g/mol. The van der Waals surface area contributed by atoms with Crippen LogP contribution in [0.3, 0.4) is 0 Å². The summed E-state index contributed by atoms with van der Waals surface area (Å²) in [5.41, 5.74) is 2.04. The molecule has 1 aromatic heterocycles. The summed E-state index contributed by atoms with van der Waals surface area (Å²) in [4.78, 5) is 16.5. The Labute approximate surface area is 90.2 Å². The highest BCUT2D eigenvalue weighted by Crippen LogP contribution is 2.28. The topological polar surface area (TPSA) is 34.9 Å². The van der Waals surface area contributed by atoms with Crippen LogP contribution in [0.1, 0.15) is 37.4 Å². The molecule has 0 N–H and O–H groups in total. The highest BCUT2D eigenvalue weighted by molar-refractivity contribution is 5.16. The summed E-state index contributed by atoms with van der Waals surface area (Å²) in [7, 11) is 0. The molecule has 0 aliphatic carbocycles. The minimum absolute atomic E-state index is 0.144. The third-order valence-corrected chi connectivity index (χ3v) is 3.33. The summed E-state index contributed by atoms with van der Waals surface area (Å²) in [5.74, 6) is 0.961. The molecule has 1 aromatic rings. The first-order valence-corrected chi connectivity index (χ1v) is 5.48. The van der Waals surface area contributed by atoms with Crippen LogP contribution in [0.2, 0.25) is 0 Å². The highest BCUT2D eigenvalue weighted by atomic mass is 16.1. The summed E-state index contributed by atoms with van der Waals surface area (Å²) in [5, 5.41) is 0. The number of nitrogens with zero attached hydrogens (tertiary/aromatic N) is 2. The Hall–Kier alpha value is -1.12. The van der Waals surface area contributed by atoms with Crippen molar-refractivity contribution in [2.24, 2.45) is 5.41 Å². The maximum atomic E-state index is 12.0. The lowest BCUT2D eigenvalue weighted by Gasteiger charge is -2.32. The number of aryl methyl sites for hydroxylation is 2. The van der Waals surface area contributed by atoms with Crippen molar-refractivity contribution in [2.45, 2.75) is 47.1 Å². The van der Waals surface area contributed by atoms with Crippen LogP contribution in [0.5, 0.6) is 0 Å². The second kappa shape index (κ2) is 3.19. The van der Waals surface area contributed by atoms with Gasteiger partial charge in [0.2, 0.25) is 0 Å². The van der Waals surface area contributed by atoms with Crippen molar-refractivity contribution in [1.29, 1.82) is 0 Å². The van der Waals surface area contributed by atoms with Crippen LogP contribution in [0.25, 0.3) is 0 Å². The standard InChI is InChI=1S/C12H18N2O/c1-8-9(2)13-10-5-6-12(3,4)7-14(10)11(8)15/h5-7H2,1-4H3. The fraction of sp³-hybridized carbons (Fsp3) is 0.667. The molecule has 1 aliphatic rings. The van der Waals surface area contributed by atoms with Gasteiger partial charge in [-0.25, -0.2) is 4.98 Å². The zero-order chi connectivity index (χ0) is 11.2. The van der Waals surface area contributed by atoms with E-state index in [-0.39, 0.29) is 11.0 Å². The number of hydrogen-bond donors (Lipinski definition) is 0. The fourth-order valence-electron chi connectivity index (χ4n) is 2.12. The van der Waals surface area contributed by atoms with Crippen molar-refractivity contribution in [2.75, 3.05) is 0 Å². The Bertz CT molecular complexity index is 457. The Morgan fingerprint density at radius 1 is 1.33 bits per heavy atom. The molecule has 2 heterocycles. The van der Waals surface area contributed by atoms with Crippen LogP contribution < -0.4 is 5.56 Å². The van der Waals surface area contributed by atoms with E-state index < -0.39 is 0 Å². The SMILES string of the molecule is Cc1nc2n(c(=O)c1C)CC(C)(C)CC2. The van der Waals surface area contributed by atoms with Gasteiger partial charge in [-0.1, -0.05) is 13.8 Å². The molecule has 82 valence electrons. The van der Waals surface area contributed by atoms with Gasteiger partial charge in [0.15, 0.2) is 0 Å². The van der Waals surface area contributed by atoms with Crippen LogP contribution in [0.4, 0.5) is 0 Å². The van der Waals surface area contributed by atoms with Crippen LogP contribution in [-0.2, 0) is 13.0 Å². The van der Waals surface area contributed by atoms with E-state index in [0.717, 1.165) is 36.5 Å². The molecule has 2 rings (SSSR count). The van der Waals surface area contributed by atoms with Gasteiger partial charge < -0.3 is 0 Å². The van der Waals surface area contributed by atoms with Crippen LogP contribution in [0, 0.1) is 19.3 Å². The van der Waals surface area contributed by atoms with Crippen molar-refractivity contribution >= 4 is 0 Å². The average Bonchev–Trinajstić information content (AvgIpc) is 2.16. The molecule has 0 radical (unpaired) electrons. The number of hydrogen-bond acceptors (Lipinski definition) is 2. The van der Waals surface area contributed by atoms with E-state index in [1.165, 1.54) is 0 Å². The first-order valence-electron chi connectivity index (χ1n) is 5.48. The maximum Gasteiger partial charge on any atom is 0.256 e. The highest BCUT2D eigenvalue weighted by Gasteiger charge is 2.27. The van der Waals surface area contributed by atoms with Crippen molar-refractivity contribution in [3.05, 3.63) is 27.4 Å². The van der Waals surface area contributed by atoms with Crippen molar-refractivity contribution < 1.29 is 0 Å². The molecular formula is C12H18N2O. The normalized spacial score (nSPS) is 18.7. The molecule has 0 aromatic carbocycles. The summed E-state index contributed by atoms with van der Waals surface area (Å²) < 4.78 is 1.85. The van der Waals surface area contributed by atoms with Gasteiger partial charge in [0.05, 0.1) is 0 Å². The van der Waals surface area contributed by atoms with Crippen LogP contribution in [0.15, 0.2) is 4.79 Å². The molecule has 0 saturated carbocycles. The van der Waals surface area contributed by atoms with Crippen molar-refractivity contribution in [3.8, 4) is 0 Å². The van der Waals surface area contributed by atoms with E-state index in [9.17, 15) is 4.79 Å². The van der Waals surface area contributed by atoms with E-state index in [1.807, 2.05) is 18.4 Å². The second-order valence-electron chi connectivity index (χ2n) is 5.29. The smallest absolute Gasteiger partial charge is 0.256 e. The second-order valence-corrected chi connectivity index (χ2v) is 5.29. The molecule has 1 aliphatic heterocycles. The molecule has 0 bridgehead atoms. The summed E-state index contributed by atoms with van der Waals surface area (Å²) in [6.45, 7) is 8.99. The molecular weight excluding hydrogens is 188 g/mol. The third kappa shape index (κ3) is 1.71. The summed E-state index contributed by atoms with van der Waals surface area (Å²) >= 11 is 0. The molecule has 0 amide bonds. The van der Waals surface area contributed by atoms with Gasteiger partial charge in [0, 0.05) is 24.2 Å². The lowest BCUT2D eigenvalue weighted by atomic mass is 9.85. The van der Waals surface area contributed by atoms with E-state index >= 15 is 0 Å². The molecule has 15 heavy (non-hydrogen) atoms. The van der Waals surface area contributed by atoms with E-state index in [2.05, 4.69) is 18.8 Å². The lowest BCUT2D eigenvalue weighted by Crippen LogP contribution is -2.37. The van der Waals surface area contributed by atoms with Gasteiger partial charge in [0.1, 0.15) is 5.82 Å². The molecule has 0 spiro atoms. The van der Waals surface area contributed by atoms with Gasteiger partial charge in [-0.05, 0) is 25.7 Å². The van der Waals surface area contributed by atoms with Gasteiger partial charge in [-0.2, -0.15) is 0 Å². The van der Waals surface area contributed by atoms with E-state index in [4.69, 9.17) is 0 Å². The summed E-state index contributed by atoms with van der Waals surface area (Å²) in [6.07, 6.45) is 2.03. The Morgan fingerprint density at radius 2 is 2.00 bits per heavy atom. The fourth-order valence-corrected chi connectivity index (χ4v) is 2.12. The Kier molecular flexibility index (Phi) is 2.21. The minimum Gasteiger partial charge on any atom is -0.296 e. The van der Waals surface area contributed by atoms with Crippen molar-refractivity contribution in [3.63, 3.8) is 0 Å². The zero-order valence-electron chi connectivity index (χ0n) is 9.92. The van der Waals surface area contributed by atoms with Crippen LogP contribution in [-0.4, -0.2) is 9.55 Å². The molecule has 0 atom stereocenters. The Morgan fingerprint density at radius 3 is 2.67 bits per heavy atom. The van der Waals surface area contributed by atoms with Gasteiger partial charge in [-0.3, -0.25) is 9.36 Å². The number of rotatable bonds is 0. The minimum atomic E-state index is 0.144. The average molecular weight is 206 g/mol. The van der Waals surface area contributed by atoms with Crippen molar-refractivity contribution in [1.82, 2.24) is 9.55 Å². The van der Waals surface area contributed by atoms with E-state index in [1.54, 1.807) is 0 Å². The number of aromatic nitrogens is 2. The molecule has 3 heteroatoms. The molecule has 0 fully saturated rings. The first-order chi connectivity index (χ1) is 6.91.